The van der Waals surface area contributed by atoms with E-state index in [4.69, 9.17) is 0 Å². The molecule has 0 unspecified atom stereocenters. The summed E-state index contributed by atoms with van der Waals surface area (Å²) in [5, 5.41) is 0. The second kappa shape index (κ2) is 6.72. The van der Waals surface area contributed by atoms with Crippen molar-refractivity contribution in [3.8, 4) is 0 Å². The minimum absolute atomic E-state index is 0.110. The van der Waals surface area contributed by atoms with Gasteiger partial charge in [-0.3, -0.25) is 4.79 Å². The number of hydrogen-bond acceptors (Lipinski definition) is 3. The molecule has 0 aliphatic heterocycles. The molecule has 0 bridgehead atoms. The van der Waals surface area contributed by atoms with Gasteiger partial charge in [0.15, 0.2) is 4.80 Å². The number of nitrogens with zero attached hydrogens (tertiary/aromatic N) is 2. The summed E-state index contributed by atoms with van der Waals surface area (Å²) in [6.07, 6.45) is 2.38. The van der Waals surface area contributed by atoms with Crippen molar-refractivity contribution in [1.29, 1.82) is 0 Å². The summed E-state index contributed by atoms with van der Waals surface area (Å²) in [7, 11) is 1.96. The van der Waals surface area contributed by atoms with Gasteiger partial charge in [-0.05, 0) is 42.5 Å². The molecule has 0 aliphatic rings. The fourth-order valence-electron chi connectivity index (χ4n) is 2.57. The van der Waals surface area contributed by atoms with Crippen molar-refractivity contribution in [3.05, 3.63) is 58.4 Å². The Hall–Kier alpha value is -1.85. The van der Waals surface area contributed by atoms with Gasteiger partial charge in [-0.2, -0.15) is 4.99 Å². The Bertz CT molecular complexity index is 920. The summed E-state index contributed by atoms with van der Waals surface area (Å²) < 4.78 is 3.16. The molecule has 0 atom stereocenters. The highest BCUT2D eigenvalue weighted by Gasteiger charge is 2.07. The molecule has 0 saturated heterocycles. The number of amides is 1. The molecule has 23 heavy (non-hydrogen) atoms. The van der Waals surface area contributed by atoms with Gasteiger partial charge in [-0.1, -0.05) is 35.6 Å². The number of thiazole rings is 1. The summed E-state index contributed by atoms with van der Waals surface area (Å²) in [4.78, 5) is 18.5. The molecule has 0 spiro atoms. The van der Waals surface area contributed by atoms with Crippen LogP contribution >= 0.6 is 23.1 Å². The first kappa shape index (κ1) is 16.0. The highest BCUT2D eigenvalue weighted by Crippen LogP contribution is 2.20. The number of carbonyl (C=O) groups is 1. The maximum absolute atomic E-state index is 12.3. The lowest BCUT2D eigenvalue weighted by Crippen LogP contribution is -2.14. The van der Waals surface area contributed by atoms with E-state index < -0.39 is 0 Å². The van der Waals surface area contributed by atoms with Crippen molar-refractivity contribution in [1.82, 2.24) is 4.57 Å². The second-order valence-electron chi connectivity index (χ2n) is 5.40. The van der Waals surface area contributed by atoms with Crippen molar-refractivity contribution in [2.24, 2.45) is 12.0 Å². The SMILES string of the molecule is CSc1ccc(CC(=O)N=c2sc3cccc(C)c3n2C)cc1. The minimum atomic E-state index is -0.110. The third-order valence-electron chi connectivity index (χ3n) is 3.76. The Morgan fingerprint density at radius 2 is 1.96 bits per heavy atom. The van der Waals surface area contributed by atoms with E-state index in [2.05, 4.69) is 24.0 Å². The number of carbonyl (C=O) groups excluding carboxylic acids is 1. The molecule has 2 aromatic carbocycles. The van der Waals surface area contributed by atoms with Crippen molar-refractivity contribution < 1.29 is 4.79 Å². The van der Waals surface area contributed by atoms with Crippen LogP contribution in [0.1, 0.15) is 11.1 Å². The van der Waals surface area contributed by atoms with Crippen LogP contribution < -0.4 is 4.80 Å². The second-order valence-corrected chi connectivity index (χ2v) is 7.28. The molecule has 1 aromatic heterocycles. The van der Waals surface area contributed by atoms with Crippen molar-refractivity contribution >= 4 is 39.2 Å². The number of fused-ring (bicyclic) bond motifs is 1. The topological polar surface area (TPSA) is 34.4 Å². The van der Waals surface area contributed by atoms with E-state index in [1.807, 2.05) is 48.2 Å². The zero-order valence-electron chi connectivity index (χ0n) is 13.4. The third-order valence-corrected chi connectivity index (χ3v) is 5.60. The molecule has 5 heteroatoms. The van der Waals surface area contributed by atoms with Gasteiger partial charge in [-0.25, -0.2) is 0 Å². The molecule has 1 amide bonds. The molecule has 118 valence electrons. The first-order valence-corrected chi connectivity index (χ1v) is 9.38. The molecule has 3 rings (SSSR count). The van der Waals surface area contributed by atoms with E-state index in [9.17, 15) is 4.79 Å². The first-order chi connectivity index (χ1) is 11.1. The maximum Gasteiger partial charge on any atom is 0.252 e. The standard InChI is InChI=1S/C18H18N2OS2/c1-12-5-4-6-15-17(12)20(2)18(23-15)19-16(21)11-13-7-9-14(22-3)10-8-13/h4-10H,11H2,1-3H3. The van der Waals surface area contributed by atoms with E-state index in [0.717, 1.165) is 20.6 Å². The van der Waals surface area contributed by atoms with E-state index >= 15 is 0 Å². The largest absolute Gasteiger partial charge is 0.319 e. The number of para-hydroxylation sites is 1. The molecule has 0 saturated carbocycles. The van der Waals surface area contributed by atoms with Crippen LogP contribution in [0.15, 0.2) is 52.4 Å². The number of hydrogen-bond donors (Lipinski definition) is 0. The van der Waals surface area contributed by atoms with E-state index in [-0.39, 0.29) is 5.91 Å². The van der Waals surface area contributed by atoms with Crippen LogP contribution in [0.4, 0.5) is 0 Å². The van der Waals surface area contributed by atoms with Gasteiger partial charge in [0, 0.05) is 11.9 Å². The van der Waals surface area contributed by atoms with Crippen molar-refractivity contribution in [3.63, 3.8) is 0 Å². The number of benzene rings is 2. The van der Waals surface area contributed by atoms with Gasteiger partial charge >= 0.3 is 0 Å². The van der Waals surface area contributed by atoms with Gasteiger partial charge in [0.05, 0.1) is 16.6 Å². The highest BCUT2D eigenvalue weighted by atomic mass is 32.2. The summed E-state index contributed by atoms with van der Waals surface area (Å²) >= 11 is 3.25. The average molecular weight is 342 g/mol. The zero-order chi connectivity index (χ0) is 16.4. The lowest BCUT2D eigenvalue weighted by Gasteiger charge is -2.00. The quantitative estimate of drug-likeness (QED) is 0.676. The highest BCUT2D eigenvalue weighted by molar-refractivity contribution is 7.98. The molecule has 1 heterocycles. The Balaban J connectivity index is 1.90. The van der Waals surface area contributed by atoms with E-state index in [1.165, 1.54) is 10.5 Å². The van der Waals surface area contributed by atoms with E-state index in [1.54, 1.807) is 23.1 Å². The van der Waals surface area contributed by atoms with Gasteiger partial charge in [0.25, 0.3) is 5.91 Å². The van der Waals surface area contributed by atoms with Gasteiger partial charge in [0.1, 0.15) is 0 Å². The summed E-state index contributed by atoms with van der Waals surface area (Å²) in [5.74, 6) is -0.110. The summed E-state index contributed by atoms with van der Waals surface area (Å²) in [6.45, 7) is 2.08. The van der Waals surface area contributed by atoms with Crippen LogP contribution in [0.25, 0.3) is 10.2 Å². The molecular weight excluding hydrogens is 324 g/mol. The fraction of sp³-hybridized carbons (Fsp3) is 0.222. The summed E-state index contributed by atoms with van der Waals surface area (Å²) in [6, 6.07) is 14.2. The molecular formula is C18H18N2OS2. The molecule has 0 aliphatic carbocycles. The normalized spacial score (nSPS) is 12.0. The average Bonchev–Trinajstić information content (AvgIpc) is 2.85. The maximum atomic E-state index is 12.3. The van der Waals surface area contributed by atoms with Crippen molar-refractivity contribution in [2.45, 2.75) is 18.2 Å². The number of aryl methyl sites for hydroxylation is 2. The Kier molecular flexibility index (Phi) is 4.68. The van der Waals surface area contributed by atoms with Crippen LogP contribution in [-0.2, 0) is 18.3 Å². The Labute approximate surface area is 143 Å². The van der Waals surface area contributed by atoms with Crippen LogP contribution in [0.5, 0.6) is 0 Å². The molecule has 0 radical (unpaired) electrons. The fourth-order valence-corrected chi connectivity index (χ4v) is 4.09. The zero-order valence-corrected chi connectivity index (χ0v) is 15.0. The van der Waals surface area contributed by atoms with Gasteiger partial charge < -0.3 is 4.57 Å². The van der Waals surface area contributed by atoms with Gasteiger partial charge in [-0.15, -0.1) is 11.8 Å². The number of rotatable bonds is 3. The van der Waals surface area contributed by atoms with E-state index in [0.29, 0.717) is 6.42 Å². The molecule has 0 fully saturated rings. The van der Waals surface area contributed by atoms with Crippen molar-refractivity contribution in [2.75, 3.05) is 6.26 Å². The predicted octanol–water partition coefficient (Wildman–Crippen LogP) is 3.94. The Morgan fingerprint density at radius 1 is 1.22 bits per heavy atom. The number of aromatic nitrogens is 1. The van der Waals surface area contributed by atoms with Crippen LogP contribution in [0.3, 0.4) is 0 Å². The van der Waals surface area contributed by atoms with Crippen LogP contribution in [0, 0.1) is 6.92 Å². The summed E-state index contributed by atoms with van der Waals surface area (Å²) in [5.41, 5.74) is 3.34. The van der Waals surface area contributed by atoms with Gasteiger partial charge in [0.2, 0.25) is 0 Å². The predicted molar refractivity (Wildman–Crippen MR) is 98.0 cm³/mol. The lowest BCUT2D eigenvalue weighted by molar-refractivity contribution is -0.117. The van der Waals surface area contributed by atoms with Crippen LogP contribution in [0.2, 0.25) is 0 Å². The van der Waals surface area contributed by atoms with Crippen LogP contribution in [-0.4, -0.2) is 16.7 Å². The molecule has 0 N–H and O–H groups in total. The Morgan fingerprint density at radius 3 is 2.61 bits per heavy atom. The number of thioether (sulfide) groups is 1. The monoisotopic (exact) mass is 342 g/mol. The smallest absolute Gasteiger partial charge is 0.252 e. The minimum Gasteiger partial charge on any atom is -0.319 e. The molecule has 3 aromatic rings. The lowest BCUT2D eigenvalue weighted by atomic mass is 10.1. The third kappa shape index (κ3) is 3.41. The first-order valence-electron chi connectivity index (χ1n) is 7.34. The molecule has 3 nitrogen and oxygen atoms in total.